The number of rotatable bonds is 1. The van der Waals surface area contributed by atoms with E-state index in [0.29, 0.717) is 12.2 Å². The summed E-state index contributed by atoms with van der Waals surface area (Å²) >= 11 is 5.39. The quantitative estimate of drug-likeness (QED) is 0.559. The summed E-state index contributed by atoms with van der Waals surface area (Å²) in [5.74, 6) is -0.665. The molecule has 2 aliphatic heterocycles. The van der Waals surface area contributed by atoms with Gasteiger partial charge < -0.3 is 10.1 Å². The second-order valence-corrected chi connectivity index (χ2v) is 5.92. The third kappa shape index (κ3) is 5.93. The van der Waals surface area contributed by atoms with Crippen LogP contribution in [0.5, 0.6) is 0 Å². The van der Waals surface area contributed by atoms with Gasteiger partial charge in [-0.15, -0.1) is 11.6 Å². The smallest absolute Gasteiger partial charge is 0.378 e. The molecule has 8 heteroatoms. The van der Waals surface area contributed by atoms with Crippen LogP contribution in [0.1, 0.15) is 25.3 Å². The number of hydrazone groups is 1. The first kappa shape index (κ1) is 22.9. The Balaban J connectivity index is 0.000000318. The van der Waals surface area contributed by atoms with Gasteiger partial charge in [0.2, 0.25) is 5.91 Å². The zero-order valence-electron chi connectivity index (χ0n) is 14.8. The molecule has 1 aromatic rings. The van der Waals surface area contributed by atoms with Crippen LogP contribution in [0.2, 0.25) is 0 Å². The van der Waals surface area contributed by atoms with Crippen LogP contribution in [0.3, 0.4) is 0 Å². The van der Waals surface area contributed by atoms with Crippen molar-refractivity contribution in [2.45, 2.75) is 31.9 Å². The number of ether oxygens (including phenoxy) is 1. The molecule has 26 heavy (non-hydrogen) atoms. The Kier molecular flexibility index (Phi) is 9.54. The summed E-state index contributed by atoms with van der Waals surface area (Å²) in [7, 11) is 0. The Labute approximate surface area is 180 Å². The average molecular weight is 387 g/mol. The predicted octanol–water partition coefficient (Wildman–Crippen LogP) is 0.339. The van der Waals surface area contributed by atoms with Crippen LogP contribution in [-0.4, -0.2) is 41.6 Å². The molecule has 1 saturated heterocycles. The van der Waals surface area contributed by atoms with Crippen molar-refractivity contribution in [3.63, 3.8) is 0 Å². The van der Waals surface area contributed by atoms with Crippen molar-refractivity contribution in [1.82, 2.24) is 5.01 Å². The van der Waals surface area contributed by atoms with Gasteiger partial charge in [-0.25, -0.2) is 10.1 Å². The van der Waals surface area contributed by atoms with Gasteiger partial charge in [0.15, 0.2) is 0 Å². The van der Waals surface area contributed by atoms with Crippen LogP contribution < -0.4 is 29.6 Å². The van der Waals surface area contributed by atoms with E-state index in [9.17, 15) is 9.18 Å². The van der Waals surface area contributed by atoms with Gasteiger partial charge >= 0.3 is 29.6 Å². The summed E-state index contributed by atoms with van der Waals surface area (Å²) in [5.41, 5.74) is 2.78. The topological polar surface area (TPSA) is 65.8 Å². The standard InChI is InChI=1S/C11H13ClN3O2.C7H6F.Na/c1-7-4-9(2-3-17-7)15-11(16)10(13)8(5-12)6-14-15;1-6-4-2-3-5-7(6)8;/h6-7,9,13H,2-4H2,1H3;2-5H,1H2;/q2*-1;+1. The van der Waals surface area contributed by atoms with Crippen molar-refractivity contribution < 1.29 is 43.5 Å². The van der Waals surface area contributed by atoms with Crippen LogP contribution >= 0.6 is 11.6 Å². The summed E-state index contributed by atoms with van der Waals surface area (Å²) in [6.45, 7) is 6.02. The molecule has 1 N–H and O–H groups in total. The van der Waals surface area contributed by atoms with E-state index in [0.717, 1.165) is 12.8 Å². The van der Waals surface area contributed by atoms with Crippen molar-refractivity contribution in [2.24, 2.45) is 5.10 Å². The van der Waals surface area contributed by atoms with E-state index in [1.165, 1.54) is 17.3 Å². The molecule has 0 aliphatic carbocycles. The number of amides is 1. The molecule has 2 heterocycles. The zero-order valence-corrected chi connectivity index (χ0v) is 17.6. The van der Waals surface area contributed by atoms with Gasteiger partial charge in [-0.3, -0.25) is 9.18 Å². The van der Waals surface area contributed by atoms with E-state index in [-0.39, 0.29) is 58.8 Å². The summed E-state index contributed by atoms with van der Waals surface area (Å²) in [4.78, 5) is 11.9. The number of carbonyl (C=O) groups is 1. The van der Waals surface area contributed by atoms with Crippen molar-refractivity contribution in [3.05, 3.63) is 53.7 Å². The fourth-order valence-corrected chi connectivity index (χ4v) is 2.64. The summed E-state index contributed by atoms with van der Waals surface area (Å²) < 4.78 is 17.7. The van der Waals surface area contributed by atoms with E-state index in [1.807, 2.05) is 6.92 Å². The van der Waals surface area contributed by atoms with E-state index < -0.39 is 5.91 Å². The van der Waals surface area contributed by atoms with Gasteiger partial charge in [-0.2, -0.15) is 30.2 Å². The van der Waals surface area contributed by atoms with Crippen molar-refractivity contribution >= 4 is 29.4 Å². The minimum atomic E-state index is -0.422. The van der Waals surface area contributed by atoms with Crippen LogP contribution in [0.15, 0.2) is 34.9 Å². The first-order valence-corrected chi connectivity index (χ1v) is 8.20. The molecular formula is C18H19ClFN3NaO2-. The van der Waals surface area contributed by atoms with E-state index >= 15 is 0 Å². The predicted molar refractivity (Wildman–Crippen MR) is 95.0 cm³/mol. The third-order valence-corrected chi connectivity index (χ3v) is 4.07. The molecule has 0 spiro atoms. The van der Waals surface area contributed by atoms with Crippen molar-refractivity contribution in [2.75, 3.05) is 6.61 Å². The van der Waals surface area contributed by atoms with Crippen molar-refractivity contribution in [3.8, 4) is 0 Å². The van der Waals surface area contributed by atoms with E-state index in [1.54, 1.807) is 18.2 Å². The van der Waals surface area contributed by atoms with Crippen LogP contribution in [0.25, 0.3) is 0 Å². The molecule has 3 rings (SSSR count). The number of hydrogen-bond acceptors (Lipinski definition) is 4. The summed E-state index contributed by atoms with van der Waals surface area (Å²) in [5, 5.41) is 13.1. The van der Waals surface area contributed by atoms with Crippen molar-refractivity contribution in [1.29, 1.82) is 5.41 Å². The Morgan fingerprint density at radius 2 is 2.15 bits per heavy atom. The molecule has 1 fully saturated rings. The summed E-state index contributed by atoms with van der Waals surface area (Å²) in [6, 6.07) is 6.42. The molecule has 1 aromatic carbocycles. The van der Waals surface area contributed by atoms with Crippen LogP contribution in [-0.2, 0) is 9.53 Å². The van der Waals surface area contributed by atoms with Gasteiger partial charge in [-0.1, -0.05) is 23.9 Å². The fraction of sp³-hybridized carbons (Fsp3) is 0.333. The SMILES string of the molecule is CC1CC(N2N=CC(=[C-]Cl)C(=N)C2=O)CCO1.[CH2-]c1ccccc1F.[Na+]. The number of carbonyl (C=O) groups excluding carboxylic acids is 1. The number of benzene rings is 1. The minimum Gasteiger partial charge on any atom is -0.378 e. The van der Waals surface area contributed by atoms with Gasteiger partial charge in [0.25, 0.3) is 0 Å². The molecule has 5 nitrogen and oxygen atoms in total. The normalized spacial score (nSPS) is 24.0. The molecule has 2 atom stereocenters. The molecule has 1 amide bonds. The maximum atomic E-state index is 12.3. The first-order chi connectivity index (χ1) is 11.9. The Morgan fingerprint density at radius 1 is 1.46 bits per heavy atom. The summed E-state index contributed by atoms with van der Waals surface area (Å²) in [6.07, 6.45) is 2.99. The van der Waals surface area contributed by atoms with Crippen LogP contribution in [0, 0.1) is 23.7 Å². The maximum Gasteiger partial charge on any atom is 1.00 e. The van der Waals surface area contributed by atoms with Gasteiger partial charge in [0, 0.05) is 18.1 Å². The number of nitrogens with zero attached hydrogens (tertiary/aromatic N) is 2. The van der Waals surface area contributed by atoms with Gasteiger partial charge in [0.05, 0.1) is 12.1 Å². The average Bonchev–Trinajstić information content (AvgIpc) is 2.60. The molecule has 2 unspecified atom stereocenters. The molecular weight excluding hydrogens is 368 g/mol. The van der Waals surface area contributed by atoms with Gasteiger partial charge in [0.1, 0.15) is 0 Å². The second-order valence-electron chi connectivity index (χ2n) is 5.73. The maximum absolute atomic E-state index is 12.3. The third-order valence-electron chi connectivity index (χ3n) is 3.87. The monoisotopic (exact) mass is 386 g/mol. The van der Waals surface area contributed by atoms with E-state index in [2.05, 4.69) is 17.6 Å². The number of nitrogens with one attached hydrogen (secondary N) is 1. The Hall–Kier alpha value is -1.18. The first-order valence-electron chi connectivity index (χ1n) is 7.82. The molecule has 2 aliphatic rings. The molecule has 0 radical (unpaired) electrons. The number of halogens is 2. The molecule has 0 aromatic heterocycles. The second kappa shape index (κ2) is 10.8. The Morgan fingerprint density at radius 3 is 2.69 bits per heavy atom. The number of hydrogen-bond donors (Lipinski definition) is 1. The molecule has 0 bridgehead atoms. The largest absolute Gasteiger partial charge is 1.00 e. The molecule has 0 saturated carbocycles. The zero-order chi connectivity index (χ0) is 18.4. The Bertz CT molecular complexity index is 690. The molecule has 134 valence electrons. The minimum absolute atomic E-state index is 0. The fourth-order valence-electron chi connectivity index (χ4n) is 2.49. The van der Waals surface area contributed by atoms with Gasteiger partial charge in [-0.05, 0) is 19.8 Å². The van der Waals surface area contributed by atoms with Crippen LogP contribution in [0.4, 0.5) is 4.39 Å². The van der Waals surface area contributed by atoms with E-state index in [4.69, 9.17) is 21.7 Å².